The fourth-order valence-corrected chi connectivity index (χ4v) is 2.18. The van der Waals surface area contributed by atoms with E-state index < -0.39 is 10.8 Å². The first kappa shape index (κ1) is 16.6. The number of hydrogen-bond donors (Lipinski definition) is 1. The number of nitrogens with one attached hydrogen (secondary N) is 1. The number of amides is 1. The summed E-state index contributed by atoms with van der Waals surface area (Å²) in [4.78, 5) is 22.6. The van der Waals surface area contributed by atoms with Crippen molar-refractivity contribution in [3.8, 4) is 11.5 Å². The maximum absolute atomic E-state index is 12.2. The molecule has 7 nitrogen and oxygen atoms in total. The highest BCUT2D eigenvalue weighted by Gasteiger charge is 2.18. The number of rotatable bonds is 5. The van der Waals surface area contributed by atoms with Crippen molar-refractivity contribution in [3.63, 3.8) is 0 Å². The second-order valence-electron chi connectivity index (χ2n) is 4.45. The number of carbonyl (C=O) groups excluding carboxylic acids is 1. The largest absolute Gasteiger partial charge is 0.495 e. The lowest BCUT2D eigenvalue weighted by Crippen LogP contribution is -2.12. The van der Waals surface area contributed by atoms with Gasteiger partial charge in [0.05, 0.1) is 24.2 Å². The minimum absolute atomic E-state index is 0.0824. The maximum atomic E-state index is 12.2. The van der Waals surface area contributed by atoms with E-state index in [1.165, 1.54) is 32.4 Å². The van der Waals surface area contributed by atoms with E-state index >= 15 is 0 Å². The minimum atomic E-state index is -0.611. The third kappa shape index (κ3) is 3.70. The topological polar surface area (TPSA) is 90.7 Å². The van der Waals surface area contributed by atoms with Crippen LogP contribution in [0.15, 0.2) is 36.4 Å². The first-order valence-corrected chi connectivity index (χ1v) is 6.81. The van der Waals surface area contributed by atoms with Crippen LogP contribution in [0.3, 0.4) is 0 Å². The Bertz CT molecular complexity index is 764. The number of methoxy groups -OCH3 is 2. The van der Waals surface area contributed by atoms with Crippen molar-refractivity contribution in [2.24, 2.45) is 0 Å². The molecule has 23 heavy (non-hydrogen) atoms. The van der Waals surface area contributed by atoms with Crippen LogP contribution in [0.25, 0.3) is 0 Å². The molecule has 8 heteroatoms. The molecule has 0 aromatic heterocycles. The van der Waals surface area contributed by atoms with Crippen molar-refractivity contribution in [3.05, 3.63) is 57.1 Å². The van der Waals surface area contributed by atoms with Gasteiger partial charge in [0, 0.05) is 17.3 Å². The van der Waals surface area contributed by atoms with Gasteiger partial charge in [-0.15, -0.1) is 0 Å². The molecule has 0 unspecified atom stereocenters. The van der Waals surface area contributed by atoms with E-state index in [4.69, 9.17) is 21.1 Å². The summed E-state index contributed by atoms with van der Waals surface area (Å²) in [5, 5.41) is 13.9. The van der Waals surface area contributed by atoms with Gasteiger partial charge in [-0.25, -0.2) is 0 Å². The highest BCUT2D eigenvalue weighted by molar-refractivity contribution is 6.32. The van der Waals surface area contributed by atoms with Gasteiger partial charge in [0.25, 0.3) is 5.91 Å². The summed E-state index contributed by atoms with van der Waals surface area (Å²) in [5.41, 5.74) is 0.289. The fraction of sp³-hybridized carbons (Fsp3) is 0.133. The van der Waals surface area contributed by atoms with E-state index in [1.54, 1.807) is 12.1 Å². The molecule has 0 radical (unpaired) electrons. The van der Waals surface area contributed by atoms with Crippen molar-refractivity contribution in [1.82, 2.24) is 0 Å². The number of nitrogens with zero attached hydrogens (tertiary/aromatic N) is 1. The lowest BCUT2D eigenvalue weighted by atomic mass is 10.1. The monoisotopic (exact) mass is 336 g/mol. The molecular formula is C15H13ClN2O5. The Labute approximate surface area is 136 Å². The molecule has 2 aromatic carbocycles. The van der Waals surface area contributed by atoms with Crippen LogP contribution in [-0.4, -0.2) is 25.1 Å². The van der Waals surface area contributed by atoms with E-state index in [0.717, 1.165) is 6.07 Å². The third-order valence-corrected chi connectivity index (χ3v) is 3.34. The van der Waals surface area contributed by atoms with Gasteiger partial charge in [-0.05, 0) is 30.3 Å². The van der Waals surface area contributed by atoms with Gasteiger partial charge in [0.1, 0.15) is 5.75 Å². The molecule has 0 fully saturated rings. The van der Waals surface area contributed by atoms with Gasteiger partial charge >= 0.3 is 5.69 Å². The van der Waals surface area contributed by atoms with Gasteiger partial charge < -0.3 is 14.8 Å². The van der Waals surface area contributed by atoms with Crippen molar-refractivity contribution in [2.75, 3.05) is 19.5 Å². The normalized spacial score (nSPS) is 10.0. The summed E-state index contributed by atoms with van der Waals surface area (Å²) in [7, 11) is 2.80. The van der Waals surface area contributed by atoms with Crippen molar-refractivity contribution < 1.29 is 19.2 Å². The van der Waals surface area contributed by atoms with Crippen LogP contribution in [0.2, 0.25) is 5.02 Å². The molecule has 0 spiro atoms. The van der Waals surface area contributed by atoms with E-state index in [-0.39, 0.29) is 17.0 Å². The molecular weight excluding hydrogens is 324 g/mol. The first-order valence-electron chi connectivity index (χ1n) is 6.43. The van der Waals surface area contributed by atoms with Crippen molar-refractivity contribution in [1.29, 1.82) is 0 Å². The highest BCUT2D eigenvalue weighted by atomic mass is 35.5. The Morgan fingerprint density at radius 1 is 1.13 bits per heavy atom. The molecule has 2 aromatic rings. The number of nitro groups is 1. The zero-order valence-corrected chi connectivity index (χ0v) is 13.1. The van der Waals surface area contributed by atoms with Gasteiger partial charge in [-0.2, -0.15) is 0 Å². The molecule has 0 bridgehead atoms. The Morgan fingerprint density at radius 3 is 2.35 bits per heavy atom. The van der Waals surface area contributed by atoms with E-state index in [9.17, 15) is 14.9 Å². The van der Waals surface area contributed by atoms with Crippen LogP contribution in [0.1, 0.15) is 10.4 Å². The number of benzene rings is 2. The SMILES string of the molecule is COc1ccc(NC(=O)c2ccc(OC)c([N+](=O)[O-])c2)cc1Cl. The number of halogens is 1. The highest BCUT2D eigenvalue weighted by Crippen LogP contribution is 2.29. The summed E-state index contributed by atoms with van der Waals surface area (Å²) < 4.78 is 9.92. The zero-order chi connectivity index (χ0) is 17.0. The van der Waals surface area contributed by atoms with Crippen LogP contribution in [0, 0.1) is 10.1 Å². The van der Waals surface area contributed by atoms with Gasteiger partial charge in [-0.1, -0.05) is 11.6 Å². The summed E-state index contributed by atoms with van der Waals surface area (Å²) in [6.07, 6.45) is 0. The minimum Gasteiger partial charge on any atom is -0.495 e. The molecule has 2 rings (SSSR count). The summed E-state index contributed by atoms with van der Waals surface area (Å²) >= 11 is 5.98. The fourth-order valence-electron chi connectivity index (χ4n) is 1.92. The molecule has 0 aliphatic carbocycles. The molecule has 0 saturated carbocycles. The van der Waals surface area contributed by atoms with E-state index in [2.05, 4.69) is 5.32 Å². The Hall–Kier alpha value is -2.80. The quantitative estimate of drug-likeness (QED) is 0.666. The predicted octanol–water partition coefficient (Wildman–Crippen LogP) is 3.52. The van der Waals surface area contributed by atoms with Crippen LogP contribution < -0.4 is 14.8 Å². The standard InChI is InChI=1S/C15H13ClN2O5/c1-22-13-6-4-10(8-11(13)16)17-15(19)9-3-5-14(23-2)12(7-9)18(20)21/h3-8H,1-2H3,(H,17,19). The summed E-state index contributed by atoms with van der Waals surface area (Å²) in [6.45, 7) is 0. The lowest BCUT2D eigenvalue weighted by Gasteiger charge is -2.09. The molecule has 1 amide bonds. The zero-order valence-electron chi connectivity index (χ0n) is 12.3. The Kier molecular flexibility index (Phi) is 5.02. The second-order valence-corrected chi connectivity index (χ2v) is 4.85. The first-order chi connectivity index (χ1) is 11.0. The van der Waals surface area contributed by atoms with Crippen molar-refractivity contribution in [2.45, 2.75) is 0 Å². The van der Waals surface area contributed by atoms with Gasteiger partial charge in [0.2, 0.25) is 0 Å². The number of carbonyl (C=O) groups is 1. The smallest absolute Gasteiger partial charge is 0.311 e. The summed E-state index contributed by atoms with van der Waals surface area (Å²) in [5.74, 6) is 0.0563. The molecule has 0 saturated heterocycles. The Morgan fingerprint density at radius 2 is 1.78 bits per heavy atom. The number of anilines is 1. The van der Waals surface area contributed by atoms with E-state index in [1.807, 2.05) is 0 Å². The van der Waals surface area contributed by atoms with Crippen LogP contribution in [-0.2, 0) is 0 Å². The third-order valence-electron chi connectivity index (χ3n) is 3.05. The van der Waals surface area contributed by atoms with Crippen LogP contribution in [0.5, 0.6) is 11.5 Å². The van der Waals surface area contributed by atoms with Crippen molar-refractivity contribution >= 4 is 28.9 Å². The second kappa shape index (κ2) is 6.97. The molecule has 0 heterocycles. The average Bonchev–Trinajstić information content (AvgIpc) is 2.54. The predicted molar refractivity (Wildman–Crippen MR) is 85.6 cm³/mol. The van der Waals surface area contributed by atoms with E-state index in [0.29, 0.717) is 16.5 Å². The molecule has 0 aliphatic rings. The average molecular weight is 337 g/mol. The number of nitro benzene ring substituents is 1. The lowest BCUT2D eigenvalue weighted by molar-refractivity contribution is -0.385. The van der Waals surface area contributed by atoms with Gasteiger partial charge in [0.15, 0.2) is 5.75 Å². The molecule has 0 aliphatic heterocycles. The molecule has 120 valence electrons. The Balaban J connectivity index is 2.25. The molecule has 0 atom stereocenters. The van der Waals surface area contributed by atoms with Crippen LogP contribution in [0.4, 0.5) is 11.4 Å². The van der Waals surface area contributed by atoms with Gasteiger partial charge in [-0.3, -0.25) is 14.9 Å². The maximum Gasteiger partial charge on any atom is 0.311 e. The number of hydrogen-bond acceptors (Lipinski definition) is 5. The number of ether oxygens (including phenoxy) is 2. The summed E-state index contributed by atoms with van der Waals surface area (Å²) in [6, 6.07) is 8.70. The molecule has 1 N–H and O–H groups in total. The van der Waals surface area contributed by atoms with Crippen LogP contribution >= 0.6 is 11.6 Å².